The molecule has 0 bridgehead atoms. The highest BCUT2D eigenvalue weighted by Crippen LogP contribution is 2.35. The first kappa shape index (κ1) is 25.0. The van der Waals surface area contributed by atoms with Crippen molar-refractivity contribution in [2.75, 3.05) is 38.3 Å². The number of alkyl carbamates (subject to hydrolysis) is 1. The van der Waals surface area contributed by atoms with Crippen LogP contribution in [-0.2, 0) is 9.47 Å². The summed E-state index contributed by atoms with van der Waals surface area (Å²) in [6.07, 6.45) is 6.05. The smallest absolute Gasteiger partial charge is 0.407 e. The first-order chi connectivity index (χ1) is 16.8. The molecule has 0 spiro atoms. The Morgan fingerprint density at radius 1 is 1.17 bits per heavy atom. The third-order valence-corrected chi connectivity index (χ3v) is 6.09. The zero-order valence-electron chi connectivity index (χ0n) is 21.0. The van der Waals surface area contributed by atoms with Crippen molar-refractivity contribution in [3.63, 3.8) is 0 Å². The number of aromatic nitrogens is 2. The van der Waals surface area contributed by atoms with Gasteiger partial charge in [-0.05, 0) is 52.5 Å². The second-order valence-electron chi connectivity index (χ2n) is 9.84. The summed E-state index contributed by atoms with van der Waals surface area (Å²) >= 11 is 0. The Balaban J connectivity index is 1.41. The van der Waals surface area contributed by atoms with Crippen LogP contribution in [0.5, 0.6) is 11.6 Å². The highest BCUT2D eigenvalue weighted by atomic mass is 16.6. The summed E-state index contributed by atoms with van der Waals surface area (Å²) in [7, 11) is 1.58. The minimum Gasteiger partial charge on any atom is -0.480 e. The summed E-state index contributed by atoms with van der Waals surface area (Å²) in [6.45, 7) is 8.57. The lowest BCUT2D eigenvalue weighted by molar-refractivity contribution is 0.0491. The maximum Gasteiger partial charge on any atom is 0.407 e. The molecular formula is C25H35N5O5. The van der Waals surface area contributed by atoms with Gasteiger partial charge in [0.05, 0.1) is 31.9 Å². The molecule has 1 aliphatic heterocycles. The number of methoxy groups -OCH3 is 1. The largest absolute Gasteiger partial charge is 0.480 e. The molecule has 1 aliphatic carbocycles. The molecule has 4 rings (SSSR count). The number of hydrogen-bond donors (Lipinski definition) is 1. The summed E-state index contributed by atoms with van der Waals surface area (Å²) in [5.74, 6) is 1.06. The number of rotatable bonds is 6. The summed E-state index contributed by atoms with van der Waals surface area (Å²) in [5, 5.41) is 3.67. The summed E-state index contributed by atoms with van der Waals surface area (Å²) in [4.78, 5) is 27.6. The van der Waals surface area contributed by atoms with Gasteiger partial charge in [0.1, 0.15) is 23.1 Å². The number of benzene rings is 1. The van der Waals surface area contributed by atoms with Crippen molar-refractivity contribution in [3.05, 3.63) is 18.5 Å². The fourth-order valence-corrected chi connectivity index (χ4v) is 4.38. The van der Waals surface area contributed by atoms with Crippen LogP contribution in [0.1, 0.15) is 46.5 Å². The van der Waals surface area contributed by atoms with Crippen LogP contribution in [0.4, 0.5) is 10.5 Å². The maximum atomic E-state index is 12.0. The second kappa shape index (κ2) is 11.1. The fraction of sp³-hybridized carbons (Fsp3) is 0.600. The zero-order valence-corrected chi connectivity index (χ0v) is 21.0. The first-order valence-corrected chi connectivity index (χ1v) is 12.2. The second-order valence-corrected chi connectivity index (χ2v) is 9.84. The number of fused-ring (bicyclic) bond motifs is 1. The molecule has 1 N–H and O–H groups in total. The monoisotopic (exact) mass is 485 g/mol. The molecule has 1 saturated heterocycles. The molecule has 2 fully saturated rings. The Morgan fingerprint density at radius 3 is 2.60 bits per heavy atom. The van der Waals surface area contributed by atoms with Crippen LogP contribution >= 0.6 is 0 Å². The number of hydrogen-bond acceptors (Lipinski definition) is 9. The Labute approximate surface area is 206 Å². The van der Waals surface area contributed by atoms with E-state index in [1.54, 1.807) is 7.11 Å². The molecule has 190 valence electrons. The molecule has 1 aromatic carbocycles. The molecule has 2 aromatic rings. The number of nitrogens with one attached hydrogen (secondary N) is 1. The fourth-order valence-electron chi connectivity index (χ4n) is 4.38. The van der Waals surface area contributed by atoms with Gasteiger partial charge in [-0.2, -0.15) is 0 Å². The third kappa shape index (κ3) is 6.72. The standard InChI is InChI=1S/C25H35N5O5/c1-25(2,3)35-24(31)29-18-7-5-17(6-8-18)28-16-34-21-14-19(30-9-11-33-12-10-30)13-20-22(21)23(32-4)27-15-26-20/h13-18H,5-12H2,1-4H3,(H,29,31)/b28-16+. The lowest BCUT2D eigenvalue weighted by atomic mass is 9.92. The topological polar surface area (TPSA) is 107 Å². The van der Waals surface area contributed by atoms with Gasteiger partial charge in [0.15, 0.2) is 6.40 Å². The van der Waals surface area contributed by atoms with E-state index in [9.17, 15) is 4.79 Å². The quantitative estimate of drug-likeness (QED) is 0.487. The predicted octanol–water partition coefficient (Wildman–Crippen LogP) is 3.72. The number of amides is 1. The Hall–Kier alpha value is -3.14. The van der Waals surface area contributed by atoms with Crippen LogP contribution in [0, 0.1) is 0 Å². The predicted molar refractivity (Wildman–Crippen MR) is 134 cm³/mol. The zero-order chi connectivity index (χ0) is 24.8. The summed E-state index contributed by atoms with van der Waals surface area (Å²) in [6, 6.07) is 4.24. The van der Waals surface area contributed by atoms with Gasteiger partial charge >= 0.3 is 6.09 Å². The van der Waals surface area contributed by atoms with Crippen molar-refractivity contribution in [2.45, 2.75) is 64.1 Å². The van der Waals surface area contributed by atoms with Crippen LogP contribution in [-0.4, -0.2) is 73.6 Å². The number of anilines is 1. The molecule has 0 atom stereocenters. The summed E-state index contributed by atoms with van der Waals surface area (Å²) in [5.41, 5.74) is 1.26. The molecule has 2 aliphatic rings. The van der Waals surface area contributed by atoms with E-state index in [0.29, 0.717) is 30.2 Å². The third-order valence-electron chi connectivity index (χ3n) is 6.09. The molecule has 1 aromatic heterocycles. The van der Waals surface area contributed by atoms with Crippen molar-refractivity contribution >= 4 is 29.1 Å². The molecule has 0 unspecified atom stereocenters. The van der Waals surface area contributed by atoms with E-state index >= 15 is 0 Å². The Morgan fingerprint density at radius 2 is 1.91 bits per heavy atom. The highest BCUT2D eigenvalue weighted by molar-refractivity contribution is 5.93. The van der Waals surface area contributed by atoms with E-state index in [4.69, 9.17) is 18.9 Å². The van der Waals surface area contributed by atoms with E-state index in [-0.39, 0.29) is 18.2 Å². The minimum absolute atomic E-state index is 0.104. The lowest BCUT2D eigenvalue weighted by Gasteiger charge is -2.29. The van der Waals surface area contributed by atoms with Crippen LogP contribution in [0.15, 0.2) is 23.5 Å². The number of ether oxygens (including phenoxy) is 4. The molecule has 2 heterocycles. The molecular weight excluding hydrogens is 450 g/mol. The highest BCUT2D eigenvalue weighted by Gasteiger charge is 2.24. The SMILES string of the molecule is COc1ncnc2cc(N3CCOCC3)cc(O/C=N/C3CCC(NC(=O)OC(C)(C)C)CC3)c12. The van der Waals surface area contributed by atoms with Crippen LogP contribution in [0.3, 0.4) is 0 Å². The van der Waals surface area contributed by atoms with Gasteiger partial charge in [-0.15, -0.1) is 0 Å². The van der Waals surface area contributed by atoms with Gasteiger partial charge in [-0.1, -0.05) is 0 Å². The van der Waals surface area contributed by atoms with Crippen molar-refractivity contribution in [1.82, 2.24) is 15.3 Å². The molecule has 10 nitrogen and oxygen atoms in total. The number of carbonyl (C=O) groups excluding carboxylic acids is 1. The van der Waals surface area contributed by atoms with E-state index in [1.807, 2.05) is 32.9 Å². The van der Waals surface area contributed by atoms with Crippen molar-refractivity contribution in [3.8, 4) is 11.6 Å². The molecule has 1 amide bonds. The van der Waals surface area contributed by atoms with Gasteiger partial charge in [0.2, 0.25) is 5.88 Å². The van der Waals surface area contributed by atoms with Crippen molar-refractivity contribution in [2.24, 2.45) is 4.99 Å². The van der Waals surface area contributed by atoms with E-state index in [2.05, 4.69) is 25.2 Å². The minimum atomic E-state index is -0.500. The molecule has 35 heavy (non-hydrogen) atoms. The maximum absolute atomic E-state index is 12.0. The molecule has 0 radical (unpaired) electrons. The van der Waals surface area contributed by atoms with Gasteiger partial charge in [-0.25, -0.2) is 14.8 Å². The van der Waals surface area contributed by atoms with E-state index in [1.165, 1.54) is 12.7 Å². The van der Waals surface area contributed by atoms with Crippen LogP contribution in [0.25, 0.3) is 10.9 Å². The lowest BCUT2D eigenvalue weighted by Crippen LogP contribution is -2.41. The average molecular weight is 486 g/mol. The normalized spacial score (nSPS) is 21.2. The van der Waals surface area contributed by atoms with Gasteiger partial charge < -0.3 is 29.2 Å². The Kier molecular flexibility index (Phi) is 7.90. The first-order valence-electron chi connectivity index (χ1n) is 12.2. The Bertz CT molecular complexity index is 1040. The van der Waals surface area contributed by atoms with Crippen LogP contribution < -0.4 is 19.7 Å². The van der Waals surface area contributed by atoms with Gasteiger partial charge in [0.25, 0.3) is 0 Å². The number of morpholine rings is 1. The number of carbonyl (C=O) groups is 1. The number of nitrogens with zero attached hydrogens (tertiary/aromatic N) is 4. The average Bonchev–Trinajstić information content (AvgIpc) is 2.84. The molecule has 1 saturated carbocycles. The van der Waals surface area contributed by atoms with E-state index < -0.39 is 5.60 Å². The van der Waals surface area contributed by atoms with E-state index in [0.717, 1.165) is 50.0 Å². The number of aliphatic imine (C=N–C) groups is 1. The van der Waals surface area contributed by atoms with Crippen molar-refractivity contribution < 1.29 is 23.7 Å². The van der Waals surface area contributed by atoms with Gasteiger partial charge in [0, 0.05) is 30.9 Å². The molecule has 10 heteroatoms. The summed E-state index contributed by atoms with van der Waals surface area (Å²) < 4.78 is 22.4. The van der Waals surface area contributed by atoms with Crippen molar-refractivity contribution in [1.29, 1.82) is 0 Å². The van der Waals surface area contributed by atoms with Gasteiger partial charge in [-0.3, -0.25) is 4.99 Å². The van der Waals surface area contributed by atoms with Crippen LogP contribution in [0.2, 0.25) is 0 Å².